The van der Waals surface area contributed by atoms with Crippen molar-refractivity contribution in [3.8, 4) is 5.75 Å². The average molecular weight is 364 g/mol. The Morgan fingerprint density at radius 2 is 1.92 bits per heavy atom. The summed E-state index contributed by atoms with van der Waals surface area (Å²) in [4.78, 5) is 47.3. The lowest BCUT2D eigenvalue weighted by Gasteiger charge is -2.10. The van der Waals surface area contributed by atoms with Crippen LogP contribution in [-0.4, -0.2) is 47.7 Å². The van der Waals surface area contributed by atoms with Crippen LogP contribution >= 0.6 is 11.8 Å². The third-order valence-electron chi connectivity index (χ3n) is 3.03. The van der Waals surface area contributed by atoms with E-state index in [0.29, 0.717) is 11.3 Å². The number of esters is 1. The van der Waals surface area contributed by atoms with Crippen LogP contribution in [0.2, 0.25) is 0 Å². The second-order valence-electron chi connectivity index (χ2n) is 4.90. The van der Waals surface area contributed by atoms with Gasteiger partial charge in [-0.1, -0.05) is 12.1 Å². The number of nitrogens with zero attached hydrogens (tertiary/aromatic N) is 1. The first-order valence-electron chi connectivity index (χ1n) is 7.33. The van der Waals surface area contributed by atoms with Gasteiger partial charge in [-0.05, 0) is 42.5 Å². The van der Waals surface area contributed by atoms with Crippen molar-refractivity contribution >= 4 is 40.9 Å². The van der Waals surface area contributed by atoms with E-state index in [0.717, 1.165) is 16.7 Å². The second kappa shape index (κ2) is 8.34. The molecule has 9 heteroatoms. The van der Waals surface area contributed by atoms with E-state index in [-0.39, 0.29) is 18.1 Å². The summed E-state index contributed by atoms with van der Waals surface area (Å²) in [6.45, 7) is 1.18. The summed E-state index contributed by atoms with van der Waals surface area (Å²) >= 11 is 0.753. The Hall–Kier alpha value is -2.81. The molecule has 0 spiro atoms. The predicted octanol–water partition coefficient (Wildman–Crippen LogP) is 1.15. The minimum atomic E-state index is -0.637. The lowest BCUT2D eigenvalue weighted by Crippen LogP contribution is -2.34. The molecule has 3 amide bonds. The van der Waals surface area contributed by atoms with Crippen molar-refractivity contribution in [2.45, 2.75) is 6.92 Å². The normalized spacial score (nSPS) is 15.6. The Balaban J connectivity index is 2.05. The summed E-state index contributed by atoms with van der Waals surface area (Å²) in [7, 11) is 0. The first kappa shape index (κ1) is 18.5. The third kappa shape index (κ3) is 5.08. The number of carbonyl (C=O) groups is 4. The van der Waals surface area contributed by atoms with Crippen LogP contribution < -0.4 is 10.5 Å². The van der Waals surface area contributed by atoms with Crippen molar-refractivity contribution in [1.82, 2.24) is 4.90 Å². The highest BCUT2D eigenvalue weighted by atomic mass is 32.2. The zero-order valence-electron chi connectivity index (χ0n) is 13.4. The van der Waals surface area contributed by atoms with Gasteiger partial charge in [-0.15, -0.1) is 0 Å². The average Bonchev–Trinajstić information content (AvgIpc) is 2.82. The van der Waals surface area contributed by atoms with Crippen LogP contribution in [0.5, 0.6) is 5.75 Å². The minimum Gasteiger partial charge on any atom is -0.484 e. The summed E-state index contributed by atoms with van der Waals surface area (Å²) < 4.78 is 9.88. The fourth-order valence-corrected chi connectivity index (χ4v) is 2.78. The molecule has 0 saturated carbocycles. The van der Waals surface area contributed by atoms with Crippen molar-refractivity contribution in [1.29, 1.82) is 0 Å². The lowest BCUT2D eigenvalue weighted by atomic mass is 10.2. The smallest absolute Gasteiger partial charge is 0.326 e. The van der Waals surface area contributed by atoms with Gasteiger partial charge < -0.3 is 15.2 Å². The Morgan fingerprint density at radius 1 is 1.24 bits per heavy atom. The Morgan fingerprint density at radius 3 is 2.52 bits per heavy atom. The Bertz CT molecular complexity index is 729. The number of nitrogens with two attached hydrogens (primary N) is 1. The zero-order valence-corrected chi connectivity index (χ0v) is 14.2. The molecule has 1 aliphatic rings. The molecule has 1 heterocycles. The number of carbonyl (C=O) groups excluding carboxylic acids is 4. The van der Waals surface area contributed by atoms with Crippen molar-refractivity contribution in [3.05, 3.63) is 34.7 Å². The standard InChI is InChI=1S/C16H16N2O6S/c1-2-23-14(20)8-18-15(21)12(25-16(18)22)7-10-3-5-11(6-4-10)24-9-13(17)19/h3-7H,2,8-9H2,1H3,(H2,17,19). The molecule has 1 aromatic carbocycles. The van der Waals surface area contributed by atoms with E-state index in [9.17, 15) is 19.2 Å². The largest absolute Gasteiger partial charge is 0.484 e. The highest BCUT2D eigenvalue weighted by Gasteiger charge is 2.36. The number of amides is 3. The molecule has 0 bridgehead atoms. The maximum absolute atomic E-state index is 12.2. The van der Waals surface area contributed by atoms with Crippen LogP contribution in [0.3, 0.4) is 0 Å². The van der Waals surface area contributed by atoms with E-state index < -0.39 is 29.6 Å². The highest BCUT2D eigenvalue weighted by Crippen LogP contribution is 2.32. The molecule has 25 heavy (non-hydrogen) atoms. The van der Waals surface area contributed by atoms with Gasteiger partial charge in [0.2, 0.25) is 0 Å². The number of primary amides is 1. The summed E-state index contributed by atoms with van der Waals surface area (Å²) in [6, 6.07) is 6.54. The molecule has 2 N–H and O–H groups in total. The van der Waals surface area contributed by atoms with Crippen molar-refractivity contribution in [3.63, 3.8) is 0 Å². The molecule has 2 rings (SSSR count). The van der Waals surface area contributed by atoms with E-state index >= 15 is 0 Å². The molecular weight excluding hydrogens is 348 g/mol. The van der Waals surface area contributed by atoms with E-state index in [1.54, 1.807) is 31.2 Å². The summed E-state index contributed by atoms with van der Waals surface area (Å²) in [6.07, 6.45) is 1.54. The first-order chi connectivity index (χ1) is 11.9. The molecule has 8 nitrogen and oxygen atoms in total. The maximum atomic E-state index is 12.2. The molecule has 1 aliphatic heterocycles. The van der Waals surface area contributed by atoms with Gasteiger partial charge in [-0.25, -0.2) is 0 Å². The van der Waals surface area contributed by atoms with Gasteiger partial charge in [-0.3, -0.25) is 24.1 Å². The van der Waals surface area contributed by atoms with Crippen LogP contribution in [0.25, 0.3) is 6.08 Å². The van der Waals surface area contributed by atoms with Gasteiger partial charge in [0, 0.05) is 0 Å². The van der Waals surface area contributed by atoms with Gasteiger partial charge in [0.05, 0.1) is 11.5 Å². The highest BCUT2D eigenvalue weighted by molar-refractivity contribution is 8.18. The molecule has 1 aromatic rings. The van der Waals surface area contributed by atoms with Gasteiger partial charge in [0.1, 0.15) is 12.3 Å². The van der Waals surface area contributed by atoms with Crippen molar-refractivity contribution < 1.29 is 28.7 Å². The zero-order chi connectivity index (χ0) is 18.4. The molecule has 132 valence electrons. The summed E-state index contributed by atoms with van der Waals surface area (Å²) in [5, 5.41) is -0.522. The van der Waals surface area contributed by atoms with Gasteiger partial charge >= 0.3 is 5.97 Å². The number of hydrogen-bond acceptors (Lipinski definition) is 7. The van der Waals surface area contributed by atoms with E-state index in [4.69, 9.17) is 15.2 Å². The molecular formula is C16H16N2O6S. The van der Waals surface area contributed by atoms with Crippen molar-refractivity contribution in [2.75, 3.05) is 19.8 Å². The minimum absolute atomic E-state index is 0.176. The van der Waals surface area contributed by atoms with Gasteiger partial charge in [0.25, 0.3) is 17.1 Å². The van der Waals surface area contributed by atoms with Gasteiger partial charge in [0.15, 0.2) is 6.61 Å². The quantitative estimate of drug-likeness (QED) is 0.570. The number of benzene rings is 1. The SMILES string of the molecule is CCOC(=O)CN1C(=O)SC(=Cc2ccc(OCC(N)=O)cc2)C1=O. The fourth-order valence-electron chi connectivity index (χ4n) is 1.94. The number of imide groups is 1. The predicted molar refractivity (Wildman–Crippen MR) is 90.4 cm³/mol. The Kier molecular flexibility index (Phi) is 6.18. The van der Waals surface area contributed by atoms with Crippen LogP contribution in [-0.2, 0) is 19.1 Å². The first-order valence-corrected chi connectivity index (χ1v) is 8.14. The molecule has 0 atom stereocenters. The van der Waals surface area contributed by atoms with Crippen molar-refractivity contribution in [2.24, 2.45) is 5.73 Å². The van der Waals surface area contributed by atoms with E-state index in [1.165, 1.54) is 6.08 Å². The van der Waals surface area contributed by atoms with Crippen LogP contribution in [0.1, 0.15) is 12.5 Å². The molecule has 0 aliphatic carbocycles. The number of rotatable bonds is 7. The van der Waals surface area contributed by atoms with E-state index in [1.807, 2.05) is 0 Å². The van der Waals surface area contributed by atoms with Crippen LogP contribution in [0.4, 0.5) is 4.79 Å². The molecule has 1 saturated heterocycles. The monoisotopic (exact) mass is 364 g/mol. The van der Waals surface area contributed by atoms with Crippen LogP contribution in [0.15, 0.2) is 29.2 Å². The molecule has 0 radical (unpaired) electrons. The van der Waals surface area contributed by atoms with E-state index in [2.05, 4.69) is 0 Å². The number of hydrogen-bond donors (Lipinski definition) is 1. The third-order valence-corrected chi connectivity index (χ3v) is 3.93. The van der Waals surface area contributed by atoms with Gasteiger partial charge in [-0.2, -0.15) is 0 Å². The summed E-state index contributed by atoms with van der Waals surface area (Å²) in [5.74, 6) is -1.31. The topological polar surface area (TPSA) is 116 Å². The molecule has 0 aromatic heterocycles. The summed E-state index contributed by atoms with van der Waals surface area (Å²) in [5.41, 5.74) is 5.65. The maximum Gasteiger partial charge on any atom is 0.326 e. The van der Waals surface area contributed by atoms with Crippen LogP contribution in [0, 0.1) is 0 Å². The molecule has 1 fully saturated rings. The molecule has 0 unspecified atom stereocenters. The lowest BCUT2D eigenvalue weighted by molar-refractivity contribution is -0.146. The number of ether oxygens (including phenoxy) is 2. The second-order valence-corrected chi connectivity index (χ2v) is 5.89. The fraction of sp³-hybridized carbons (Fsp3) is 0.250. The Labute approximate surface area is 147 Å². The number of thioether (sulfide) groups is 1.